The first-order chi connectivity index (χ1) is 10.1. The average molecular weight is 350 g/mol. The Kier molecular flexibility index (Phi) is 5.59. The lowest BCUT2D eigenvalue weighted by atomic mass is 9.99. The van der Waals surface area contributed by atoms with Crippen molar-refractivity contribution in [1.29, 1.82) is 0 Å². The second-order valence-corrected chi connectivity index (χ2v) is 6.19. The molecule has 0 aliphatic rings. The minimum Gasteiger partial charge on any atom is -0.310 e. The molecule has 0 aliphatic heterocycles. The molecule has 0 spiro atoms. The van der Waals surface area contributed by atoms with Gasteiger partial charge >= 0.3 is 0 Å². The average Bonchev–Trinajstić information content (AvgIpc) is 2.82. The van der Waals surface area contributed by atoms with Gasteiger partial charge in [-0.05, 0) is 37.1 Å². The molecular weight excluding hydrogens is 326 g/mol. The van der Waals surface area contributed by atoms with Gasteiger partial charge in [-0.3, -0.25) is 4.68 Å². The van der Waals surface area contributed by atoms with Crippen LogP contribution in [0.5, 0.6) is 0 Å². The van der Waals surface area contributed by atoms with Crippen molar-refractivity contribution in [2.45, 2.75) is 39.7 Å². The molecule has 0 fully saturated rings. The first-order valence-corrected chi connectivity index (χ1v) is 8.36. The van der Waals surface area contributed by atoms with Crippen molar-refractivity contribution in [1.82, 2.24) is 15.1 Å². The van der Waals surface area contributed by atoms with Gasteiger partial charge in [0.05, 0.1) is 5.69 Å². The number of nitrogens with one attached hydrogen (secondary N) is 1. The van der Waals surface area contributed by atoms with Crippen LogP contribution < -0.4 is 5.32 Å². The van der Waals surface area contributed by atoms with Crippen molar-refractivity contribution in [3.05, 3.63) is 51.3 Å². The highest BCUT2D eigenvalue weighted by atomic mass is 79.9. The summed E-state index contributed by atoms with van der Waals surface area (Å²) < 4.78 is 3.21. The maximum atomic E-state index is 4.55. The van der Waals surface area contributed by atoms with Crippen molar-refractivity contribution >= 4 is 15.9 Å². The monoisotopic (exact) mass is 349 g/mol. The lowest BCUT2D eigenvalue weighted by molar-refractivity contribution is 0.526. The summed E-state index contributed by atoms with van der Waals surface area (Å²) in [4.78, 5) is 0. The summed E-state index contributed by atoms with van der Waals surface area (Å²) in [5.74, 6) is 0. The molecular formula is C17H24BrN3. The first-order valence-electron chi connectivity index (χ1n) is 7.57. The molecule has 4 heteroatoms. The number of aryl methyl sites for hydroxylation is 3. The molecule has 2 aromatic rings. The number of aromatic nitrogens is 2. The maximum absolute atomic E-state index is 4.55. The van der Waals surface area contributed by atoms with Gasteiger partial charge in [0.15, 0.2) is 0 Å². The molecule has 1 atom stereocenters. The summed E-state index contributed by atoms with van der Waals surface area (Å²) in [6.07, 6.45) is 1.92. The Morgan fingerprint density at radius 3 is 2.71 bits per heavy atom. The van der Waals surface area contributed by atoms with E-state index in [0.29, 0.717) is 6.04 Å². The van der Waals surface area contributed by atoms with Gasteiger partial charge < -0.3 is 5.32 Å². The Bertz CT molecular complexity index is 604. The van der Waals surface area contributed by atoms with Crippen LogP contribution in [0.2, 0.25) is 0 Å². The van der Waals surface area contributed by atoms with Crippen LogP contribution in [0, 0.1) is 6.92 Å². The van der Waals surface area contributed by atoms with Crippen molar-refractivity contribution in [2.24, 2.45) is 7.05 Å². The first kappa shape index (κ1) is 16.2. The number of halogens is 1. The van der Waals surface area contributed by atoms with E-state index in [9.17, 15) is 0 Å². The van der Waals surface area contributed by atoms with Gasteiger partial charge in [0.2, 0.25) is 0 Å². The van der Waals surface area contributed by atoms with Gasteiger partial charge in [0.25, 0.3) is 0 Å². The predicted octanol–water partition coefficient (Wildman–Crippen LogP) is 3.95. The molecule has 0 bridgehead atoms. The van der Waals surface area contributed by atoms with E-state index in [2.05, 4.69) is 71.4 Å². The zero-order chi connectivity index (χ0) is 15.4. The predicted molar refractivity (Wildman–Crippen MR) is 91.6 cm³/mol. The summed E-state index contributed by atoms with van der Waals surface area (Å²) in [5, 5.41) is 8.15. The Morgan fingerprint density at radius 2 is 2.10 bits per heavy atom. The van der Waals surface area contributed by atoms with E-state index >= 15 is 0 Å². The van der Waals surface area contributed by atoms with Crippen LogP contribution >= 0.6 is 15.9 Å². The molecule has 0 radical (unpaired) electrons. The molecule has 2 rings (SSSR count). The summed E-state index contributed by atoms with van der Waals surface area (Å²) in [6, 6.07) is 8.97. The van der Waals surface area contributed by atoms with Crippen molar-refractivity contribution < 1.29 is 0 Å². The fourth-order valence-corrected chi connectivity index (χ4v) is 3.16. The van der Waals surface area contributed by atoms with Gasteiger partial charge in [0.1, 0.15) is 0 Å². The Hall–Kier alpha value is -1.13. The van der Waals surface area contributed by atoms with Gasteiger partial charge in [-0.2, -0.15) is 5.10 Å². The van der Waals surface area contributed by atoms with Crippen LogP contribution in [-0.4, -0.2) is 16.3 Å². The third-order valence-corrected chi connectivity index (χ3v) is 4.93. The van der Waals surface area contributed by atoms with Crippen LogP contribution in [0.25, 0.3) is 0 Å². The number of hydrogen-bond acceptors (Lipinski definition) is 2. The normalized spacial score (nSPS) is 12.6. The Balaban J connectivity index is 2.30. The molecule has 0 aliphatic carbocycles. The molecule has 1 heterocycles. The largest absolute Gasteiger partial charge is 0.310 e. The SMILES string of the molecule is CCNC(Cc1cc(CC)nn1C)c1cccc(C)c1Br. The van der Waals surface area contributed by atoms with Gasteiger partial charge in [-0.25, -0.2) is 0 Å². The van der Waals surface area contributed by atoms with Crippen LogP contribution in [0.1, 0.15) is 42.4 Å². The van der Waals surface area contributed by atoms with E-state index in [1.165, 1.54) is 21.3 Å². The fourth-order valence-electron chi connectivity index (χ4n) is 2.62. The topological polar surface area (TPSA) is 29.9 Å². The molecule has 0 saturated heterocycles. The van der Waals surface area contributed by atoms with Crippen LogP contribution in [-0.2, 0) is 19.9 Å². The van der Waals surface area contributed by atoms with E-state index in [1.807, 2.05) is 11.7 Å². The minimum atomic E-state index is 0.296. The number of likely N-dealkylation sites (N-methyl/N-ethyl adjacent to an activating group) is 1. The van der Waals surface area contributed by atoms with Crippen molar-refractivity contribution in [3.8, 4) is 0 Å². The Morgan fingerprint density at radius 1 is 1.33 bits per heavy atom. The molecule has 21 heavy (non-hydrogen) atoms. The molecule has 1 N–H and O–H groups in total. The number of nitrogens with zero attached hydrogens (tertiary/aromatic N) is 2. The van der Waals surface area contributed by atoms with Crippen LogP contribution in [0.4, 0.5) is 0 Å². The fraction of sp³-hybridized carbons (Fsp3) is 0.471. The molecule has 0 amide bonds. The smallest absolute Gasteiger partial charge is 0.0624 e. The minimum absolute atomic E-state index is 0.296. The molecule has 1 aromatic carbocycles. The lowest BCUT2D eigenvalue weighted by Gasteiger charge is -2.20. The third kappa shape index (κ3) is 3.74. The molecule has 0 saturated carbocycles. The van der Waals surface area contributed by atoms with E-state index < -0.39 is 0 Å². The van der Waals surface area contributed by atoms with Crippen LogP contribution in [0.3, 0.4) is 0 Å². The van der Waals surface area contributed by atoms with Gasteiger partial charge in [-0.15, -0.1) is 0 Å². The van der Waals surface area contributed by atoms with Crippen LogP contribution in [0.15, 0.2) is 28.7 Å². The van der Waals surface area contributed by atoms with E-state index in [-0.39, 0.29) is 0 Å². The summed E-state index contributed by atoms with van der Waals surface area (Å²) in [5.41, 5.74) is 5.02. The molecule has 1 aromatic heterocycles. The summed E-state index contributed by atoms with van der Waals surface area (Å²) >= 11 is 3.74. The van der Waals surface area contributed by atoms with Gasteiger partial charge in [-0.1, -0.05) is 48.0 Å². The lowest BCUT2D eigenvalue weighted by Crippen LogP contribution is -2.24. The summed E-state index contributed by atoms with van der Waals surface area (Å²) in [6.45, 7) is 7.38. The maximum Gasteiger partial charge on any atom is 0.0624 e. The highest BCUT2D eigenvalue weighted by Crippen LogP contribution is 2.29. The highest BCUT2D eigenvalue weighted by molar-refractivity contribution is 9.10. The molecule has 1 unspecified atom stereocenters. The van der Waals surface area contributed by atoms with E-state index in [0.717, 1.165) is 25.1 Å². The second-order valence-electron chi connectivity index (χ2n) is 5.40. The standard InChI is InChI=1S/C17H24BrN3/c1-5-13-10-14(21(4)20-13)11-16(19-6-2)15-9-7-8-12(3)17(15)18/h7-10,16,19H,5-6,11H2,1-4H3. The van der Waals surface area contributed by atoms with E-state index in [4.69, 9.17) is 0 Å². The Labute approximate surface area is 135 Å². The zero-order valence-corrected chi connectivity index (χ0v) is 14.9. The highest BCUT2D eigenvalue weighted by Gasteiger charge is 2.17. The third-order valence-electron chi connectivity index (χ3n) is 3.85. The number of rotatable bonds is 6. The second kappa shape index (κ2) is 7.23. The van der Waals surface area contributed by atoms with Crippen molar-refractivity contribution in [2.75, 3.05) is 6.54 Å². The van der Waals surface area contributed by atoms with E-state index in [1.54, 1.807) is 0 Å². The zero-order valence-electron chi connectivity index (χ0n) is 13.3. The quantitative estimate of drug-likeness (QED) is 0.855. The summed E-state index contributed by atoms with van der Waals surface area (Å²) in [7, 11) is 2.03. The number of hydrogen-bond donors (Lipinski definition) is 1. The number of benzene rings is 1. The molecule has 3 nitrogen and oxygen atoms in total. The van der Waals surface area contributed by atoms with Gasteiger partial charge in [0, 0.05) is 29.7 Å². The van der Waals surface area contributed by atoms with Crippen molar-refractivity contribution in [3.63, 3.8) is 0 Å². The molecule has 114 valence electrons.